The van der Waals surface area contributed by atoms with E-state index in [9.17, 15) is 10.1 Å². The van der Waals surface area contributed by atoms with E-state index in [-0.39, 0.29) is 10.6 Å². The molecule has 0 aliphatic heterocycles. The highest BCUT2D eigenvalue weighted by atomic mass is 127. The Morgan fingerprint density at radius 2 is 2.25 bits per heavy atom. The molecule has 0 aromatic heterocycles. The van der Waals surface area contributed by atoms with E-state index in [1.165, 1.54) is 6.07 Å². The van der Waals surface area contributed by atoms with Gasteiger partial charge in [0.1, 0.15) is 0 Å². The molecule has 0 aliphatic carbocycles. The van der Waals surface area contributed by atoms with Crippen molar-refractivity contribution < 1.29 is 4.92 Å². The first-order valence-electron chi connectivity index (χ1n) is 3.14. The van der Waals surface area contributed by atoms with E-state index in [1.807, 2.05) is 28.7 Å². The molecule has 0 saturated heterocycles. The van der Waals surface area contributed by atoms with Gasteiger partial charge in [0.25, 0.3) is 5.69 Å². The zero-order valence-electron chi connectivity index (χ0n) is 5.96. The van der Waals surface area contributed by atoms with Gasteiger partial charge < -0.3 is 0 Å². The van der Waals surface area contributed by atoms with Crippen LogP contribution in [0.25, 0.3) is 0 Å². The minimum atomic E-state index is -0.367. The maximum atomic E-state index is 10.5. The molecule has 0 spiro atoms. The molecule has 0 radical (unpaired) electrons. The van der Waals surface area contributed by atoms with Crippen molar-refractivity contribution >= 4 is 44.2 Å². The quantitative estimate of drug-likeness (QED) is 0.359. The molecule has 0 amide bonds. The Bertz CT molecular complexity index is 316. The van der Waals surface area contributed by atoms with Gasteiger partial charge in [-0.05, 0) is 28.2 Å². The SMILES string of the molecule is O=[N+]([O-])c1cccc(CBr)c1I. The molecule has 64 valence electrons. The summed E-state index contributed by atoms with van der Waals surface area (Å²) in [5, 5.41) is 11.1. The van der Waals surface area contributed by atoms with E-state index in [0.717, 1.165) is 5.56 Å². The molecular formula is C7H5BrINO2. The van der Waals surface area contributed by atoms with Gasteiger partial charge in [-0.2, -0.15) is 0 Å². The summed E-state index contributed by atoms with van der Waals surface area (Å²) < 4.78 is 0.706. The van der Waals surface area contributed by atoms with E-state index < -0.39 is 0 Å². The van der Waals surface area contributed by atoms with Crippen LogP contribution in [-0.4, -0.2) is 4.92 Å². The maximum Gasteiger partial charge on any atom is 0.282 e. The molecule has 5 heteroatoms. The lowest BCUT2D eigenvalue weighted by Gasteiger charge is -1.99. The Labute approximate surface area is 91.6 Å². The second kappa shape index (κ2) is 4.18. The molecule has 0 saturated carbocycles. The molecule has 1 aromatic carbocycles. The molecule has 0 heterocycles. The highest BCUT2D eigenvalue weighted by Crippen LogP contribution is 2.25. The van der Waals surface area contributed by atoms with Crippen LogP contribution in [0.1, 0.15) is 5.56 Å². The third kappa shape index (κ3) is 1.95. The predicted octanol–water partition coefficient (Wildman–Crippen LogP) is 3.09. The standard InChI is InChI=1S/C7H5BrINO2/c8-4-5-2-1-3-6(7(5)9)10(11)12/h1-3H,4H2. The minimum Gasteiger partial charge on any atom is -0.258 e. The van der Waals surface area contributed by atoms with Crippen LogP contribution in [0.15, 0.2) is 18.2 Å². The number of nitro benzene ring substituents is 1. The number of alkyl halides is 1. The van der Waals surface area contributed by atoms with Crippen LogP contribution in [0.2, 0.25) is 0 Å². The van der Waals surface area contributed by atoms with E-state index >= 15 is 0 Å². The Hall–Kier alpha value is -0.170. The van der Waals surface area contributed by atoms with Crippen molar-refractivity contribution in [2.24, 2.45) is 0 Å². The highest BCUT2D eigenvalue weighted by Gasteiger charge is 2.13. The number of nitrogens with zero attached hydrogens (tertiary/aromatic N) is 1. The highest BCUT2D eigenvalue weighted by molar-refractivity contribution is 14.1. The van der Waals surface area contributed by atoms with E-state index in [2.05, 4.69) is 15.9 Å². The zero-order chi connectivity index (χ0) is 9.14. The fourth-order valence-electron chi connectivity index (χ4n) is 0.810. The third-order valence-electron chi connectivity index (χ3n) is 1.40. The summed E-state index contributed by atoms with van der Waals surface area (Å²) in [4.78, 5) is 10.1. The lowest BCUT2D eigenvalue weighted by atomic mass is 10.2. The van der Waals surface area contributed by atoms with Crippen LogP contribution in [0.4, 0.5) is 5.69 Å². The number of benzene rings is 1. The van der Waals surface area contributed by atoms with Gasteiger partial charge >= 0.3 is 0 Å². The van der Waals surface area contributed by atoms with Gasteiger partial charge in [0.15, 0.2) is 0 Å². The fraction of sp³-hybridized carbons (Fsp3) is 0.143. The van der Waals surface area contributed by atoms with Crippen LogP contribution in [0.5, 0.6) is 0 Å². The summed E-state index contributed by atoms with van der Waals surface area (Å²) in [6, 6.07) is 5.06. The van der Waals surface area contributed by atoms with Gasteiger partial charge in [-0.1, -0.05) is 28.1 Å². The third-order valence-corrected chi connectivity index (χ3v) is 3.25. The van der Waals surface area contributed by atoms with Gasteiger partial charge in [-0.3, -0.25) is 10.1 Å². The number of nitro groups is 1. The zero-order valence-corrected chi connectivity index (χ0v) is 9.70. The lowest BCUT2D eigenvalue weighted by Crippen LogP contribution is -1.94. The predicted molar refractivity (Wildman–Crippen MR) is 58.4 cm³/mol. The summed E-state index contributed by atoms with van der Waals surface area (Å²) in [6.07, 6.45) is 0. The molecule has 1 aromatic rings. The first kappa shape index (κ1) is 9.91. The van der Waals surface area contributed by atoms with Crippen molar-refractivity contribution in [2.45, 2.75) is 5.33 Å². The fourth-order valence-corrected chi connectivity index (χ4v) is 2.55. The van der Waals surface area contributed by atoms with Gasteiger partial charge in [0, 0.05) is 11.4 Å². The van der Waals surface area contributed by atoms with Crippen LogP contribution in [0.3, 0.4) is 0 Å². The van der Waals surface area contributed by atoms with Crippen molar-refractivity contribution in [3.63, 3.8) is 0 Å². The Kier molecular flexibility index (Phi) is 3.45. The molecule has 0 fully saturated rings. The summed E-state index contributed by atoms with van der Waals surface area (Å²) >= 11 is 5.25. The Morgan fingerprint density at radius 3 is 2.75 bits per heavy atom. The number of rotatable bonds is 2. The summed E-state index contributed by atoms with van der Waals surface area (Å²) in [5.41, 5.74) is 1.12. The maximum absolute atomic E-state index is 10.5. The van der Waals surface area contributed by atoms with Crippen LogP contribution in [-0.2, 0) is 5.33 Å². The second-order valence-corrected chi connectivity index (χ2v) is 3.78. The first-order chi connectivity index (χ1) is 5.66. The van der Waals surface area contributed by atoms with Gasteiger partial charge in [-0.25, -0.2) is 0 Å². The second-order valence-electron chi connectivity index (χ2n) is 2.14. The molecule has 0 atom stereocenters. The number of hydrogen-bond acceptors (Lipinski definition) is 2. The Balaban J connectivity index is 3.23. The van der Waals surface area contributed by atoms with Gasteiger partial charge in [0.2, 0.25) is 0 Å². The average molecular weight is 342 g/mol. The van der Waals surface area contributed by atoms with E-state index in [4.69, 9.17) is 0 Å². The average Bonchev–Trinajstić information content (AvgIpc) is 2.04. The number of halogens is 2. The van der Waals surface area contributed by atoms with Crippen LogP contribution >= 0.6 is 38.5 Å². The van der Waals surface area contributed by atoms with Gasteiger partial charge in [-0.15, -0.1) is 0 Å². The van der Waals surface area contributed by atoms with E-state index in [0.29, 0.717) is 8.90 Å². The summed E-state index contributed by atoms with van der Waals surface area (Å²) in [7, 11) is 0. The molecule has 0 N–H and O–H groups in total. The first-order valence-corrected chi connectivity index (χ1v) is 5.34. The molecule has 0 aliphatic rings. The normalized spacial score (nSPS) is 9.83. The summed E-state index contributed by atoms with van der Waals surface area (Å²) in [6.45, 7) is 0. The monoisotopic (exact) mass is 341 g/mol. The molecule has 3 nitrogen and oxygen atoms in total. The molecule has 0 unspecified atom stereocenters. The smallest absolute Gasteiger partial charge is 0.258 e. The van der Waals surface area contributed by atoms with Crippen molar-refractivity contribution in [3.05, 3.63) is 37.4 Å². The van der Waals surface area contributed by atoms with Crippen molar-refractivity contribution in [1.29, 1.82) is 0 Å². The molecule has 12 heavy (non-hydrogen) atoms. The molecule has 1 rings (SSSR count). The topological polar surface area (TPSA) is 43.1 Å². The van der Waals surface area contributed by atoms with Gasteiger partial charge in [0.05, 0.1) is 8.49 Å². The molecule has 0 bridgehead atoms. The van der Waals surface area contributed by atoms with Crippen molar-refractivity contribution in [3.8, 4) is 0 Å². The number of hydrogen-bond donors (Lipinski definition) is 0. The lowest BCUT2D eigenvalue weighted by molar-refractivity contribution is -0.385. The Morgan fingerprint density at radius 1 is 1.58 bits per heavy atom. The minimum absolute atomic E-state index is 0.174. The van der Waals surface area contributed by atoms with Crippen molar-refractivity contribution in [2.75, 3.05) is 0 Å². The summed E-state index contributed by atoms with van der Waals surface area (Å²) in [5.74, 6) is 0. The van der Waals surface area contributed by atoms with E-state index in [1.54, 1.807) is 6.07 Å². The van der Waals surface area contributed by atoms with Crippen LogP contribution < -0.4 is 0 Å². The van der Waals surface area contributed by atoms with Crippen molar-refractivity contribution in [1.82, 2.24) is 0 Å². The van der Waals surface area contributed by atoms with Crippen LogP contribution in [0, 0.1) is 13.7 Å². The largest absolute Gasteiger partial charge is 0.282 e. The molecular weight excluding hydrogens is 337 g/mol.